The molecule has 0 unspecified atom stereocenters. The first kappa shape index (κ1) is 25.2. The third-order valence-electron chi connectivity index (χ3n) is 4.17. The molecule has 0 amide bonds. The number of benzene rings is 2. The normalized spacial score (nSPS) is 10.8. The SMILES string of the molecule is CCOOC(=O)C=Cc1ccc(OCCc2ccc(OCOCCOC)cc2)c(OC)c1. The van der Waals surface area contributed by atoms with E-state index in [0.717, 1.165) is 23.3 Å². The van der Waals surface area contributed by atoms with E-state index in [1.54, 1.807) is 39.4 Å². The molecule has 0 N–H and O–H groups in total. The van der Waals surface area contributed by atoms with Gasteiger partial charge < -0.3 is 23.7 Å². The number of ether oxygens (including phenoxy) is 5. The average Bonchev–Trinajstić information content (AvgIpc) is 2.82. The third-order valence-corrected chi connectivity index (χ3v) is 4.17. The maximum atomic E-state index is 11.5. The monoisotopic (exact) mass is 446 g/mol. The van der Waals surface area contributed by atoms with Crippen molar-refractivity contribution in [2.24, 2.45) is 0 Å². The van der Waals surface area contributed by atoms with Gasteiger partial charge in [-0.3, -0.25) is 4.89 Å². The molecule has 0 saturated carbocycles. The van der Waals surface area contributed by atoms with Gasteiger partial charge in [0.2, 0.25) is 0 Å². The topological polar surface area (TPSA) is 81.7 Å². The van der Waals surface area contributed by atoms with Crippen molar-refractivity contribution in [1.82, 2.24) is 0 Å². The summed E-state index contributed by atoms with van der Waals surface area (Å²) in [4.78, 5) is 20.6. The molecule has 0 spiro atoms. The first-order chi connectivity index (χ1) is 15.7. The summed E-state index contributed by atoms with van der Waals surface area (Å²) >= 11 is 0. The van der Waals surface area contributed by atoms with Crippen molar-refractivity contribution in [3.05, 3.63) is 59.7 Å². The Morgan fingerprint density at radius 2 is 1.75 bits per heavy atom. The summed E-state index contributed by atoms with van der Waals surface area (Å²) in [6.45, 7) is 3.72. The second-order valence-electron chi connectivity index (χ2n) is 6.46. The highest BCUT2D eigenvalue weighted by Crippen LogP contribution is 2.28. The van der Waals surface area contributed by atoms with Crippen LogP contribution in [0.15, 0.2) is 48.5 Å². The highest BCUT2D eigenvalue weighted by atomic mass is 17.2. The van der Waals surface area contributed by atoms with Crippen molar-refractivity contribution >= 4 is 12.0 Å². The third kappa shape index (κ3) is 9.38. The van der Waals surface area contributed by atoms with E-state index >= 15 is 0 Å². The van der Waals surface area contributed by atoms with Gasteiger partial charge in [-0.25, -0.2) is 4.79 Å². The molecule has 8 heteroatoms. The predicted molar refractivity (Wildman–Crippen MR) is 119 cm³/mol. The Kier molecular flexibility index (Phi) is 11.7. The van der Waals surface area contributed by atoms with E-state index in [2.05, 4.69) is 9.78 Å². The number of methoxy groups -OCH3 is 2. The largest absolute Gasteiger partial charge is 0.493 e. The zero-order valence-electron chi connectivity index (χ0n) is 18.7. The van der Waals surface area contributed by atoms with Crippen LogP contribution in [0.5, 0.6) is 17.2 Å². The molecule has 0 atom stereocenters. The smallest absolute Gasteiger partial charge is 0.365 e. The Labute approximate surface area is 188 Å². The van der Waals surface area contributed by atoms with Gasteiger partial charge in [-0.2, -0.15) is 4.89 Å². The van der Waals surface area contributed by atoms with Gasteiger partial charge in [0.25, 0.3) is 0 Å². The molecule has 0 aliphatic heterocycles. The lowest BCUT2D eigenvalue weighted by Crippen LogP contribution is -2.07. The highest BCUT2D eigenvalue weighted by Gasteiger charge is 2.06. The number of carbonyl (C=O) groups excluding carboxylic acids is 1. The number of hydrogen-bond donors (Lipinski definition) is 0. The van der Waals surface area contributed by atoms with Crippen LogP contribution in [0, 0.1) is 0 Å². The number of rotatable bonds is 15. The van der Waals surface area contributed by atoms with E-state index in [9.17, 15) is 4.79 Å². The molecule has 174 valence electrons. The molecule has 0 aliphatic carbocycles. The molecule has 8 nitrogen and oxygen atoms in total. The minimum Gasteiger partial charge on any atom is -0.493 e. The van der Waals surface area contributed by atoms with Gasteiger partial charge in [0.15, 0.2) is 18.3 Å². The van der Waals surface area contributed by atoms with Gasteiger partial charge in [0.1, 0.15) is 5.75 Å². The Hall–Kier alpha value is -3.07. The van der Waals surface area contributed by atoms with Crippen LogP contribution in [0.1, 0.15) is 18.1 Å². The Balaban J connectivity index is 1.80. The van der Waals surface area contributed by atoms with E-state index in [1.165, 1.54) is 6.08 Å². The van der Waals surface area contributed by atoms with Gasteiger partial charge in [-0.15, -0.1) is 0 Å². The zero-order chi connectivity index (χ0) is 23.0. The Morgan fingerprint density at radius 3 is 2.47 bits per heavy atom. The van der Waals surface area contributed by atoms with E-state index in [1.807, 2.05) is 30.3 Å². The van der Waals surface area contributed by atoms with Crippen molar-refractivity contribution in [3.8, 4) is 17.2 Å². The van der Waals surface area contributed by atoms with Crippen LogP contribution in [-0.4, -0.2) is 53.4 Å². The molecule has 0 radical (unpaired) electrons. The number of hydrogen-bond acceptors (Lipinski definition) is 8. The molecule has 0 aliphatic rings. The minimum atomic E-state index is -0.582. The van der Waals surface area contributed by atoms with Gasteiger partial charge in [-0.05, 0) is 48.4 Å². The fourth-order valence-electron chi connectivity index (χ4n) is 2.56. The van der Waals surface area contributed by atoms with Gasteiger partial charge in [0.05, 0.1) is 33.5 Å². The van der Waals surface area contributed by atoms with E-state index < -0.39 is 5.97 Å². The summed E-state index contributed by atoms with van der Waals surface area (Å²) in [5.74, 6) is 1.35. The second-order valence-corrected chi connectivity index (χ2v) is 6.46. The lowest BCUT2D eigenvalue weighted by Gasteiger charge is -2.12. The maximum Gasteiger partial charge on any atom is 0.365 e. The van der Waals surface area contributed by atoms with Crippen molar-refractivity contribution < 1.29 is 38.3 Å². The fourth-order valence-corrected chi connectivity index (χ4v) is 2.56. The van der Waals surface area contributed by atoms with Gasteiger partial charge in [0, 0.05) is 19.6 Å². The molecule has 0 bridgehead atoms. The molecule has 0 fully saturated rings. The quantitative estimate of drug-likeness (QED) is 0.134. The van der Waals surface area contributed by atoms with Crippen LogP contribution >= 0.6 is 0 Å². The lowest BCUT2D eigenvalue weighted by molar-refractivity contribution is -0.264. The molecule has 0 aromatic heterocycles. The first-order valence-corrected chi connectivity index (χ1v) is 10.3. The molecule has 2 rings (SSSR count). The molecule has 2 aromatic rings. The molecule has 2 aromatic carbocycles. The van der Waals surface area contributed by atoms with Crippen molar-refractivity contribution in [2.75, 3.05) is 47.4 Å². The van der Waals surface area contributed by atoms with Crippen molar-refractivity contribution in [3.63, 3.8) is 0 Å². The molecule has 32 heavy (non-hydrogen) atoms. The second kappa shape index (κ2) is 14.9. The first-order valence-electron chi connectivity index (χ1n) is 10.3. The van der Waals surface area contributed by atoms with E-state index in [0.29, 0.717) is 37.9 Å². The average molecular weight is 446 g/mol. The van der Waals surface area contributed by atoms with Crippen molar-refractivity contribution in [1.29, 1.82) is 0 Å². The van der Waals surface area contributed by atoms with E-state index in [-0.39, 0.29) is 6.79 Å². The summed E-state index contributed by atoms with van der Waals surface area (Å²) in [5, 5.41) is 0. The Bertz CT molecular complexity index is 832. The summed E-state index contributed by atoms with van der Waals surface area (Å²) in [5.41, 5.74) is 1.88. The molecule has 0 heterocycles. The summed E-state index contributed by atoms with van der Waals surface area (Å²) in [6.07, 6.45) is 3.61. The summed E-state index contributed by atoms with van der Waals surface area (Å²) in [6, 6.07) is 13.2. The highest BCUT2D eigenvalue weighted by molar-refractivity contribution is 5.86. The molecule has 0 saturated heterocycles. The molecular weight excluding hydrogens is 416 g/mol. The predicted octanol–water partition coefficient (Wildman–Crippen LogP) is 3.82. The van der Waals surface area contributed by atoms with Crippen LogP contribution in [0.25, 0.3) is 6.08 Å². The molecular formula is C24H30O8. The lowest BCUT2D eigenvalue weighted by atomic mass is 10.1. The van der Waals surface area contributed by atoms with Crippen LogP contribution < -0.4 is 14.2 Å². The standard InChI is InChI=1S/C24H30O8/c1-4-31-32-24(25)12-8-20-7-11-22(23(17-20)27-3)29-14-13-19-5-9-21(10-6-19)30-18-28-16-15-26-2/h5-12,17H,4,13-16,18H2,1-3H3. The summed E-state index contributed by atoms with van der Waals surface area (Å²) < 4.78 is 27.0. The zero-order valence-corrected chi connectivity index (χ0v) is 18.7. The van der Waals surface area contributed by atoms with E-state index in [4.69, 9.17) is 23.7 Å². The van der Waals surface area contributed by atoms with Crippen molar-refractivity contribution in [2.45, 2.75) is 13.3 Å². The van der Waals surface area contributed by atoms with Crippen LogP contribution in [0.4, 0.5) is 0 Å². The van der Waals surface area contributed by atoms with Crippen LogP contribution in [0.2, 0.25) is 0 Å². The van der Waals surface area contributed by atoms with Gasteiger partial charge >= 0.3 is 5.97 Å². The Morgan fingerprint density at radius 1 is 0.938 bits per heavy atom. The minimum absolute atomic E-state index is 0.185. The number of carbonyl (C=O) groups is 1. The van der Waals surface area contributed by atoms with Crippen LogP contribution in [0.3, 0.4) is 0 Å². The summed E-state index contributed by atoms with van der Waals surface area (Å²) in [7, 11) is 3.19. The maximum absolute atomic E-state index is 11.5. The fraction of sp³-hybridized carbons (Fsp3) is 0.375. The van der Waals surface area contributed by atoms with Gasteiger partial charge in [-0.1, -0.05) is 18.2 Å². The van der Waals surface area contributed by atoms with Crippen LogP contribution in [-0.2, 0) is 30.5 Å².